The summed E-state index contributed by atoms with van der Waals surface area (Å²) in [6.07, 6.45) is 2.36. The molecule has 0 atom stereocenters. The number of nitrogen functional groups attached to an aromatic ring is 1. The Morgan fingerprint density at radius 3 is 2.47 bits per heavy atom. The first kappa shape index (κ1) is 12.6. The molecule has 0 saturated heterocycles. The molecule has 1 aliphatic rings. The van der Waals surface area contributed by atoms with E-state index < -0.39 is 0 Å². The highest BCUT2D eigenvalue weighted by Crippen LogP contribution is 2.44. The van der Waals surface area contributed by atoms with E-state index in [0.29, 0.717) is 17.6 Å². The molecule has 0 spiro atoms. The summed E-state index contributed by atoms with van der Waals surface area (Å²) < 4.78 is 2.70. The van der Waals surface area contributed by atoms with Crippen molar-refractivity contribution in [1.29, 1.82) is 0 Å². The van der Waals surface area contributed by atoms with Gasteiger partial charge in [0.1, 0.15) is 5.82 Å². The van der Waals surface area contributed by atoms with Gasteiger partial charge in [0.2, 0.25) is 0 Å². The van der Waals surface area contributed by atoms with Crippen LogP contribution < -0.4 is 5.73 Å². The summed E-state index contributed by atoms with van der Waals surface area (Å²) in [5, 5.41) is 4.41. The Labute approximate surface area is 120 Å². The number of halogens is 1. The molecular weight excluding hydrogens is 306 g/mol. The van der Waals surface area contributed by atoms with Crippen LogP contribution in [0.5, 0.6) is 0 Å². The minimum absolute atomic E-state index is 0.509. The summed E-state index contributed by atoms with van der Waals surface area (Å²) in [5.74, 6) is 1.72. The monoisotopic (exact) mass is 321 g/mol. The highest BCUT2D eigenvalue weighted by atomic mass is 79.9. The van der Waals surface area contributed by atoms with Crippen molar-refractivity contribution in [2.24, 2.45) is 7.05 Å². The van der Waals surface area contributed by atoms with Crippen LogP contribution in [0, 0.1) is 13.8 Å². The largest absolute Gasteiger partial charge is 0.383 e. The molecule has 2 N–H and O–H groups in total. The maximum absolute atomic E-state index is 6.01. The van der Waals surface area contributed by atoms with Gasteiger partial charge in [-0.1, -0.05) is 0 Å². The van der Waals surface area contributed by atoms with E-state index in [2.05, 4.69) is 26.0 Å². The molecule has 0 bridgehead atoms. The van der Waals surface area contributed by atoms with Crippen LogP contribution in [0.4, 0.5) is 5.82 Å². The first-order valence-corrected chi connectivity index (χ1v) is 7.11. The SMILES string of the molecule is Cc1nn(C)c(C)c1-c1nc(N)c(Br)c(C2CC2)n1. The number of nitrogens with two attached hydrogens (primary N) is 1. The highest BCUT2D eigenvalue weighted by molar-refractivity contribution is 9.10. The molecule has 6 heteroatoms. The van der Waals surface area contributed by atoms with Gasteiger partial charge in [-0.25, -0.2) is 9.97 Å². The second kappa shape index (κ2) is 4.30. The topological polar surface area (TPSA) is 69.6 Å². The molecule has 0 aromatic carbocycles. The third kappa shape index (κ3) is 2.04. The third-order valence-electron chi connectivity index (χ3n) is 3.60. The third-order valence-corrected chi connectivity index (χ3v) is 4.41. The number of aromatic nitrogens is 4. The predicted molar refractivity (Wildman–Crippen MR) is 77.8 cm³/mol. The molecule has 19 heavy (non-hydrogen) atoms. The standard InChI is InChI=1S/C13H16BrN5/c1-6-9(7(2)19(3)18-6)13-16-11(8-4-5-8)10(14)12(15)17-13/h8H,4-5H2,1-3H3,(H2,15,16,17). The second-order valence-corrected chi connectivity index (χ2v) is 5.87. The zero-order chi connectivity index (χ0) is 13.7. The Hall–Kier alpha value is -1.43. The Balaban J connectivity index is 2.20. The van der Waals surface area contributed by atoms with E-state index in [1.807, 2.05) is 25.6 Å². The Morgan fingerprint density at radius 2 is 1.95 bits per heavy atom. The fourth-order valence-corrected chi connectivity index (χ4v) is 2.82. The van der Waals surface area contributed by atoms with Crippen molar-refractivity contribution in [1.82, 2.24) is 19.7 Å². The minimum atomic E-state index is 0.509. The number of anilines is 1. The Kier molecular flexibility index (Phi) is 2.85. The Bertz CT molecular complexity index is 658. The molecule has 2 aromatic rings. The van der Waals surface area contributed by atoms with Crippen LogP contribution in [0.15, 0.2) is 4.47 Å². The smallest absolute Gasteiger partial charge is 0.165 e. The lowest BCUT2D eigenvalue weighted by Crippen LogP contribution is -2.03. The average Bonchev–Trinajstić information content (AvgIpc) is 3.13. The van der Waals surface area contributed by atoms with Gasteiger partial charge in [0.25, 0.3) is 0 Å². The van der Waals surface area contributed by atoms with Gasteiger partial charge in [-0.2, -0.15) is 5.10 Å². The summed E-state index contributed by atoms with van der Waals surface area (Å²) in [7, 11) is 1.93. The fraction of sp³-hybridized carbons (Fsp3) is 0.462. The predicted octanol–water partition coefficient (Wildman–Crippen LogP) is 2.72. The molecule has 1 fully saturated rings. The van der Waals surface area contributed by atoms with E-state index in [-0.39, 0.29) is 0 Å². The molecule has 2 aromatic heterocycles. The van der Waals surface area contributed by atoms with Crippen molar-refractivity contribution < 1.29 is 0 Å². The lowest BCUT2D eigenvalue weighted by atomic mass is 10.1. The number of rotatable bonds is 2. The van der Waals surface area contributed by atoms with Gasteiger partial charge >= 0.3 is 0 Å². The van der Waals surface area contributed by atoms with Crippen molar-refractivity contribution in [2.75, 3.05) is 5.73 Å². The van der Waals surface area contributed by atoms with Crippen LogP contribution >= 0.6 is 15.9 Å². The van der Waals surface area contributed by atoms with Crippen LogP contribution in [-0.4, -0.2) is 19.7 Å². The lowest BCUT2D eigenvalue weighted by Gasteiger charge is -2.08. The first-order chi connectivity index (χ1) is 8.99. The molecule has 1 saturated carbocycles. The zero-order valence-corrected chi connectivity index (χ0v) is 12.8. The van der Waals surface area contributed by atoms with Crippen LogP contribution in [0.1, 0.15) is 35.8 Å². The van der Waals surface area contributed by atoms with E-state index in [1.54, 1.807) is 0 Å². The molecule has 2 heterocycles. The van der Waals surface area contributed by atoms with Crippen LogP contribution in [-0.2, 0) is 7.05 Å². The van der Waals surface area contributed by atoms with Gasteiger partial charge in [0.15, 0.2) is 5.82 Å². The van der Waals surface area contributed by atoms with Crippen molar-refractivity contribution in [3.8, 4) is 11.4 Å². The lowest BCUT2D eigenvalue weighted by molar-refractivity contribution is 0.731. The van der Waals surface area contributed by atoms with E-state index in [1.165, 1.54) is 12.8 Å². The first-order valence-electron chi connectivity index (χ1n) is 6.32. The molecule has 100 valence electrons. The highest BCUT2D eigenvalue weighted by Gasteiger charge is 2.29. The summed E-state index contributed by atoms with van der Waals surface area (Å²) in [5.41, 5.74) is 10.0. The molecule has 0 radical (unpaired) electrons. The summed E-state index contributed by atoms with van der Waals surface area (Å²) in [6, 6.07) is 0. The number of hydrogen-bond donors (Lipinski definition) is 1. The van der Waals surface area contributed by atoms with Gasteiger partial charge in [-0.05, 0) is 42.6 Å². The number of hydrogen-bond acceptors (Lipinski definition) is 4. The average molecular weight is 322 g/mol. The van der Waals surface area contributed by atoms with Crippen molar-refractivity contribution in [2.45, 2.75) is 32.6 Å². The van der Waals surface area contributed by atoms with E-state index >= 15 is 0 Å². The molecule has 0 unspecified atom stereocenters. The normalized spacial score (nSPS) is 14.9. The van der Waals surface area contributed by atoms with Gasteiger partial charge < -0.3 is 5.73 Å². The fourth-order valence-electron chi connectivity index (χ4n) is 2.32. The van der Waals surface area contributed by atoms with Gasteiger partial charge in [-0.3, -0.25) is 4.68 Å². The molecule has 0 amide bonds. The van der Waals surface area contributed by atoms with E-state index in [4.69, 9.17) is 10.7 Å². The quantitative estimate of drug-likeness (QED) is 0.923. The van der Waals surface area contributed by atoms with Crippen LogP contribution in [0.2, 0.25) is 0 Å². The van der Waals surface area contributed by atoms with Crippen LogP contribution in [0.3, 0.4) is 0 Å². The Morgan fingerprint density at radius 1 is 1.26 bits per heavy atom. The van der Waals surface area contributed by atoms with Crippen molar-refractivity contribution in [3.05, 3.63) is 21.6 Å². The number of nitrogens with zero attached hydrogens (tertiary/aromatic N) is 4. The van der Waals surface area contributed by atoms with Crippen molar-refractivity contribution in [3.63, 3.8) is 0 Å². The van der Waals surface area contributed by atoms with E-state index in [0.717, 1.165) is 27.1 Å². The second-order valence-electron chi connectivity index (χ2n) is 5.08. The number of aryl methyl sites for hydroxylation is 2. The van der Waals surface area contributed by atoms with Crippen LogP contribution in [0.25, 0.3) is 11.4 Å². The van der Waals surface area contributed by atoms with Gasteiger partial charge in [0, 0.05) is 18.7 Å². The minimum Gasteiger partial charge on any atom is -0.383 e. The maximum Gasteiger partial charge on any atom is 0.165 e. The molecule has 3 rings (SSSR count). The molecule has 1 aliphatic carbocycles. The molecule has 0 aliphatic heterocycles. The maximum atomic E-state index is 6.01. The summed E-state index contributed by atoms with van der Waals surface area (Å²) in [4.78, 5) is 9.12. The molecule has 5 nitrogen and oxygen atoms in total. The van der Waals surface area contributed by atoms with Crippen molar-refractivity contribution >= 4 is 21.7 Å². The van der Waals surface area contributed by atoms with Gasteiger partial charge in [-0.15, -0.1) is 0 Å². The molecular formula is C13H16BrN5. The van der Waals surface area contributed by atoms with Gasteiger partial charge in [0.05, 0.1) is 21.4 Å². The van der Waals surface area contributed by atoms with E-state index in [9.17, 15) is 0 Å². The summed E-state index contributed by atoms with van der Waals surface area (Å²) >= 11 is 3.50. The zero-order valence-electron chi connectivity index (χ0n) is 11.2. The summed E-state index contributed by atoms with van der Waals surface area (Å²) in [6.45, 7) is 3.99.